The van der Waals surface area contributed by atoms with Gasteiger partial charge in [0.1, 0.15) is 5.25 Å². The highest BCUT2D eigenvalue weighted by Gasteiger charge is 2.27. The zero-order chi connectivity index (χ0) is 15.6. The Hall–Kier alpha value is -1.47. The molecule has 0 fully saturated rings. The summed E-state index contributed by atoms with van der Waals surface area (Å²) < 4.78 is 35.1. The van der Waals surface area contributed by atoms with Gasteiger partial charge >= 0.3 is 0 Å². The predicted molar refractivity (Wildman–Crippen MR) is 78.3 cm³/mol. The molecule has 0 saturated carbocycles. The number of ether oxygens (including phenoxy) is 2. The largest absolute Gasteiger partial charge is 0.489 e. The molecule has 2 rings (SSSR count). The monoisotopic (exact) mass is 333 g/mol. The van der Waals surface area contributed by atoms with E-state index in [1.807, 2.05) is 0 Å². The van der Waals surface area contributed by atoms with E-state index in [-0.39, 0.29) is 10.8 Å². The second-order valence-electron chi connectivity index (χ2n) is 4.81. The van der Waals surface area contributed by atoms with Crippen molar-refractivity contribution in [3.8, 4) is 11.5 Å². The van der Waals surface area contributed by atoms with E-state index in [1.165, 1.54) is 13.0 Å². The number of benzene rings is 1. The van der Waals surface area contributed by atoms with Crippen molar-refractivity contribution >= 4 is 27.3 Å². The second kappa shape index (κ2) is 6.11. The van der Waals surface area contributed by atoms with Crippen LogP contribution in [-0.2, 0) is 20.4 Å². The summed E-state index contributed by atoms with van der Waals surface area (Å²) in [5.41, 5.74) is 5.48. The average Bonchev–Trinajstić information content (AvgIpc) is 2.62. The van der Waals surface area contributed by atoms with Gasteiger partial charge in [0, 0.05) is 6.42 Å². The van der Waals surface area contributed by atoms with Crippen molar-refractivity contribution in [2.45, 2.75) is 24.3 Å². The SMILES string of the molecule is C[C@H](C(N)=O)S(=O)(=O)Cc1cc(Cl)c2c(c1)OCCCO2. The lowest BCUT2D eigenvalue weighted by atomic mass is 10.2. The van der Waals surface area contributed by atoms with Gasteiger partial charge in [-0.15, -0.1) is 0 Å². The first-order chi connectivity index (χ1) is 9.81. The van der Waals surface area contributed by atoms with Crippen molar-refractivity contribution in [1.29, 1.82) is 0 Å². The minimum Gasteiger partial charge on any atom is -0.489 e. The second-order valence-corrected chi connectivity index (χ2v) is 7.54. The van der Waals surface area contributed by atoms with Crippen molar-refractivity contribution in [3.05, 3.63) is 22.7 Å². The van der Waals surface area contributed by atoms with E-state index < -0.39 is 21.0 Å². The van der Waals surface area contributed by atoms with Gasteiger partial charge in [0.05, 0.1) is 24.0 Å². The van der Waals surface area contributed by atoms with Crippen molar-refractivity contribution in [2.24, 2.45) is 5.73 Å². The first-order valence-electron chi connectivity index (χ1n) is 6.40. The lowest BCUT2D eigenvalue weighted by Gasteiger charge is -2.13. The van der Waals surface area contributed by atoms with Gasteiger partial charge in [0.25, 0.3) is 0 Å². The molecule has 0 radical (unpaired) electrons. The van der Waals surface area contributed by atoms with Gasteiger partial charge in [-0.3, -0.25) is 4.79 Å². The minimum atomic E-state index is -3.69. The Morgan fingerprint density at radius 2 is 2.05 bits per heavy atom. The van der Waals surface area contributed by atoms with Gasteiger partial charge in [0.15, 0.2) is 21.3 Å². The molecule has 8 heteroatoms. The molecule has 0 spiro atoms. The molecule has 6 nitrogen and oxygen atoms in total. The Morgan fingerprint density at radius 3 is 2.71 bits per heavy atom. The Labute approximate surface area is 128 Å². The zero-order valence-corrected chi connectivity index (χ0v) is 13.0. The highest BCUT2D eigenvalue weighted by atomic mass is 35.5. The van der Waals surface area contributed by atoms with E-state index in [0.717, 1.165) is 6.42 Å². The molecule has 116 valence electrons. The maximum absolute atomic E-state index is 12.1. The number of carbonyl (C=O) groups is 1. The summed E-state index contributed by atoms with van der Waals surface area (Å²) in [6.45, 7) is 2.22. The molecule has 2 N–H and O–H groups in total. The molecular weight excluding hydrogens is 318 g/mol. The number of primary amides is 1. The molecule has 1 amide bonds. The summed E-state index contributed by atoms with van der Waals surface area (Å²) in [6, 6.07) is 3.07. The molecule has 0 unspecified atom stereocenters. The fourth-order valence-electron chi connectivity index (χ4n) is 1.90. The Kier molecular flexibility index (Phi) is 4.63. The fourth-order valence-corrected chi connectivity index (χ4v) is 3.42. The molecule has 1 aromatic rings. The van der Waals surface area contributed by atoms with Crippen LogP contribution in [-0.4, -0.2) is 32.8 Å². The molecule has 21 heavy (non-hydrogen) atoms. The molecule has 1 atom stereocenters. The third-order valence-electron chi connectivity index (χ3n) is 3.17. The van der Waals surface area contributed by atoms with Gasteiger partial charge in [-0.2, -0.15) is 0 Å². The Bertz CT molecular complexity index is 659. The quantitative estimate of drug-likeness (QED) is 0.895. The number of sulfone groups is 1. The summed E-state index contributed by atoms with van der Waals surface area (Å²) in [7, 11) is -3.69. The molecule has 0 aliphatic carbocycles. The number of amides is 1. The van der Waals surface area contributed by atoms with Crippen LogP contribution in [0.3, 0.4) is 0 Å². The number of nitrogens with two attached hydrogens (primary N) is 1. The van der Waals surface area contributed by atoms with Crippen molar-refractivity contribution < 1.29 is 22.7 Å². The van der Waals surface area contributed by atoms with Gasteiger partial charge in [-0.1, -0.05) is 11.6 Å². The summed E-state index contributed by atoms with van der Waals surface area (Å²) in [5, 5.41) is -0.974. The molecule has 0 saturated heterocycles. The van der Waals surface area contributed by atoms with Crippen molar-refractivity contribution in [2.75, 3.05) is 13.2 Å². The maximum atomic E-state index is 12.1. The number of hydrogen-bond donors (Lipinski definition) is 1. The van der Waals surface area contributed by atoms with E-state index >= 15 is 0 Å². The normalized spacial score (nSPS) is 16.1. The van der Waals surface area contributed by atoms with Crippen LogP contribution in [0.5, 0.6) is 11.5 Å². The summed E-state index contributed by atoms with van der Waals surface area (Å²) in [6.07, 6.45) is 0.720. The third kappa shape index (κ3) is 3.59. The topological polar surface area (TPSA) is 95.7 Å². The predicted octanol–water partition coefficient (Wildman–Crippen LogP) is 1.29. The maximum Gasteiger partial charge on any atom is 0.235 e. The van der Waals surface area contributed by atoms with Crippen LogP contribution >= 0.6 is 11.6 Å². The van der Waals surface area contributed by atoms with Gasteiger partial charge in [0.2, 0.25) is 5.91 Å². The lowest BCUT2D eigenvalue weighted by Crippen LogP contribution is -2.34. The first kappa shape index (κ1) is 15.9. The van der Waals surface area contributed by atoms with E-state index in [2.05, 4.69) is 0 Å². The number of carbonyl (C=O) groups excluding carboxylic acids is 1. The number of fused-ring (bicyclic) bond motifs is 1. The summed E-state index contributed by atoms with van der Waals surface area (Å²) in [4.78, 5) is 11.1. The molecule has 1 aliphatic rings. The van der Waals surface area contributed by atoms with Crippen LogP contribution < -0.4 is 15.2 Å². The molecule has 0 bridgehead atoms. The van der Waals surface area contributed by atoms with Gasteiger partial charge in [-0.25, -0.2) is 8.42 Å². The number of rotatable bonds is 4. The van der Waals surface area contributed by atoms with Crippen molar-refractivity contribution in [3.63, 3.8) is 0 Å². The van der Waals surface area contributed by atoms with E-state index in [4.69, 9.17) is 26.8 Å². The van der Waals surface area contributed by atoms with Gasteiger partial charge < -0.3 is 15.2 Å². The van der Waals surface area contributed by atoms with E-state index in [0.29, 0.717) is 30.3 Å². The van der Waals surface area contributed by atoms with Crippen LogP contribution in [0.15, 0.2) is 12.1 Å². The third-order valence-corrected chi connectivity index (χ3v) is 5.50. The lowest BCUT2D eigenvalue weighted by molar-refractivity contribution is -0.117. The van der Waals surface area contributed by atoms with Crippen LogP contribution in [0, 0.1) is 0 Å². The number of halogens is 1. The Balaban J connectivity index is 2.32. The highest BCUT2D eigenvalue weighted by molar-refractivity contribution is 7.92. The standard InChI is InChI=1S/C13H16ClNO5S/c1-8(13(15)16)21(17,18)7-9-5-10(14)12-11(6-9)19-3-2-4-20-12/h5-6,8H,2-4,7H2,1H3,(H2,15,16)/t8-/m1/s1. The Morgan fingerprint density at radius 1 is 1.38 bits per heavy atom. The molecule has 1 aliphatic heterocycles. The van der Waals surface area contributed by atoms with Crippen LogP contribution in [0.25, 0.3) is 0 Å². The molecule has 1 aromatic carbocycles. The fraction of sp³-hybridized carbons (Fsp3) is 0.462. The zero-order valence-electron chi connectivity index (χ0n) is 11.5. The van der Waals surface area contributed by atoms with Gasteiger partial charge in [-0.05, 0) is 24.6 Å². The molecular formula is C13H16ClNO5S. The van der Waals surface area contributed by atoms with Crippen molar-refractivity contribution in [1.82, 2.24) is 0 Å². The smallest absolute Gasteiger partial charge is 0.235 e. The van der Waals surface area contributed by atoms with Crippen LogP contribution in [0.4, 0.5) is 0 Å². The highest BCUT2D eigenvalue weighted by Crippen LogP contribution is 2.38. The number of hydrogen-bond acceptors (Lipinski definition) is 5. The van der Waals surface area contributed by atoms with Crippen LogP contribution in [0.2, 0.25) is 5.02 Å². The molecule has 1 heterocycles. The van der Waals surface area contributed by atoms with Crippen LogP contribution in [0.1, 0.15) is 18.9 Å². The van der Waals surface area contributed by atoms with E-state index in [1.54, 1.807) is 6.07 Å². The average molecular weight is 334 g/mol. The summed E-state index contributed by atoms with van der Waals surface area (Å²) in [5.74, 6) is -0.390. The minimum absolute atomic E-state index is 0.284. The van der Waals surface area contributed by atoms with E-state index in [9.17, 15) is 13.2 Å². The first-order valence-corrected chi connectivity index (χ1v) is 8.49. The molecule has 0 aromatic heterocycles. The summed E-state index contributed by atoms with van der Waals surface area (Å²) >= 11 is 6.10.